The summed E-state index contributed by atoms with van der Waals surface area (Å²) in [6.45, 7) is 7.76. The molecule has 100 valence electrons. The van der Waals surface area contributed by atoms with Crippen LogP contribution in [0.4, 0.5) is 5.69 Å². The molecule has 1 aromatic carbocycles. The first-order chi connectivity index (χ1) is 8.62. The van der Waals surface area contributed by atoms with Gasteiger partial charge in [-0.25, -0.2) is 4.79 Å². The Morgan fingerprint density at radius 3 is 2.56 bits per heavy atom. The maximum atomic E-state index is 11.3. The van der Waals surface area contributed by atoms with Gasteiger partial charge < -0.3 is 14.4 Å². The molecule has 0 saturated heterocycles. The van der Waals surface area contributed by atoms with Crippen molar-refractivity contribution < 1.29 is 14.3 Å². The summed E-state index contributed by atoms with van der Waals surface area (Å²) in [7, 11) is 1.36. The number of nitrogens with zero attached hydrogens (tertiary/aromatic N) is 1. The van der Waals surface area contributed by atoms with Gasteiger partial charge in [-0.3, -0.25) is 0 Å². The van der Waals surface area contributed by atoms with Gasteiger partial charge in [-0.2, -0.15) is 0 Å². The van der Waals surface area contributed by atoms with E-state index < -0.39 is 6.10 Å². The molecule has 0 unspecified atom stereocenters. The summed E-state index contributed by atoms with van der Waals surface area (Å²) >= 11 is 0. The summed E-state index contributed by atoms with van der Waals surface area (Å²) in [6.07, 6.45) is -0.595. The molecular formula is C14H21NO3. The van der Waals surface area contributed by atoms with E-state index in [9.17, 15) is 4.79 Å². The largest absolute Gasteiger partial charge is 0.479 e. The fraction of sp³-hybridized carbons (Fsp3) is 0.500. The van der Waals surface area contributed by atoms with E-state index in [1.54, 1.807) is 6.92 Å². The van der Waals surface area contributed by atoms with Crippen LogP contribution in [0.15, 0.2) is 24.3 Å². The SMILES string of the molecule is CCN(CC)c1cccc(O[C@@H](C)C(=O)OC)c1. The van der Waals surface area contributed by atoms with Crippen LogP contribution in [0.3, 0.4) is 0 Å². The second-order valence-corrected chi connectivity index (χ2v) is 3.95. The number of carbonyl (C=O) groups excluding carboxylic acids is 1. The first-order valence-corrected chi connectivity index (χ1v) is 6.21. The molecule has 0 aliphatic heterocycles. The van der Waals surface area contributed by atoms with Gasteiger partial charge in [0.25, 0.3) is 0 Å². The fourth-order valence-corrected chi connectivity index (χ4v) is 1.76. The van der Waals surface area contributed by atoms with E-state index in [4.69, 9.17) is 4.74 Å². The third-order valence-electron chi connectivity index (χ3n) is 2.79. The van der Waals surface area contributed by atoms with Crippen LogP contribution in [0.2, 0.25) is 0 Å². The first-order valence-electron chi connectivity index (χ1n) is 6.21. The Balaban J connectivity index is 2.79. The van der Waals surface area contributed by atoms with Crippen LogP contribution >= 0.6 is 0 Å². The van der Waals surface area contributed by atoms with E-state index in [1.807, 2.05) is 24.3 Å². The second kappa shape index (κ2) is 6.89. The van der Waals surface area contributed by atoms with E-state index >= 15 is 0 Å². The lowest BCUT2D eigenvalue weighted by Crippen LogP contribution is -2.25. The molecule has 0 aliphatic rings. The van der Waals surface area contributed by atoms with Crippen LogP contribution < -0.4 is 9.64 Å². The monoisotopic (exact) mass is 251 g/mol. The molecule has 0 bridgehead atoms. The number of esters is 1. The Morgan fingerprint density at radius 2 is 2.00 bits per heavy atom. The average Bonchev–Trinajstić information content (AvgIpc) is 2.39. The zero-order valence-corrected chi connectivity index (χ0v) is 11.5. The Labute approximate surface area is 108 Å². The molecule has 0 aliphatic carbocycles. The quantitative estimate of drug-likeness (QED) is 0.728. The van der Waals surface area contributed by atoms with Crippen LogP contribution in [0.1, 0.15) is 20.8 Å². The lowest BCUT2D eigenvalue weighted by atomic mass is 10.2. The minimum atomic E-state index is -0.595. The number of carbonyl (C=O) groups is 1. The van der Waals surface area contributed by atoms with Crippen LogP contribution in [-0.4, -0.2) is 32.3 Å². The third kappa shape index (κ3) is 3.65. The van der Waals surface area contributed by atoms with Crippen molar-refractivity contribution in [1.82, 2.24) is 0 Å². The second-order valence-electron chi connectivity index (χ2n) is 3.95. The van der Waals surface area contributed by atoms with Gasteiger partial charge in [0.15, 0.2) is 6.10 Å². The number of methoxy groups -OCH3 is 1. The van der Waals surface area contributed by atoms with Crippen molar-refractivity contribution in [3.8, 4) is 5.75 Å². The van der Waals surface area contributed by atoms with Gasteiger partial charge in [-0.15, -0.1) is 0 Å². The van der Waals surface area contributed by atoms with Crippen molar-refractivity contribution in [1.29, 1.82) is 0 Å². The standard InChI is InChI=1S/C14H21NO3/c1-5-15(6-2)12-8-7-9-13(10-12)18-11(3)14(16)17-4/h7-11H,5-6H2,1-4H3/t11-/m0/s1. The average molecular weight is 251 g/mol. The molecule has 1 rings (SSSR count). The molecular weight excluding hydrogens is 230 g/mol. The van der Waals surface area contributed by atoms with E-state index in [0.29, 0.717) is 5.75 Å². The van der Waals surface area contributed by atoms with Crippen molar-refractivity contribution in [2.75, 3.05) is 25.1 Å². The molecule has 4 heteroatoms. The highest BCUT2D eigenvalue weighted by atomic mass is 16.6. The highest BCUT2D eigenvalue weighted by molar-refractivity contribution is 5.74. The summed E-state index contributed by atoms with van der Waals surface area (Å²) in [5, 5.41) is 0. The maximum Gasteiger partial charge on any atom is 0.346 e. The van der Waals surface area contributed by atoms with Crippen LogP contribution in [0, 0.1) is 0 Å². The van der Waals surface area contributed by atoms with Gasteiger partial charge in [0.05, 0.1) is 7.11 Å². The normalized spacial score (nSPS) is 11.8. The molecule has 0 N–H and O–H groups in total. The van der Waals surface area contributed by atoms with E-state index in [1.165, 1.54) is 7.11 Å². The minimum Gasteiger partial charge on any atom is -0.479 e. The van der Waals surface area contributed by atoms with Gasteiger partial charge in [0.2, 0.25) is 0 Å². The highest BCUT2D eigenvalue weighted by Gasteiger charge is 2.15. The van der Waals surface area contributed by atoms with Crippen molar-refractivity contribution in [3.63, 3.8) is 0 Å². The van der Waals surface area contributed by atoms with Crippen LogP contribution in [0.25, 0.3) is 0 Å². The number of hydrogen-bond acceptors (Lipinski definition) is 4. The molecule has 1 atom stereocenters. The zero-order valence-electron chi connectivity index (χ0n) is 11.5. The molecule has 0 radical (unpaired) electrons. The van der Waals surface area contributed by atoms with E-state index in [0.717, 1.165) is 18.8 Å². The van der Waals surface area contributed by atoms with Crippen molar-refractivity contribution in [2.45, 2.75) is 26.9 Å². The van der Waals surface area contributed by atoms with Crippen LogP contribution in [-0.2, 0) is 9.53 Å². The number of hydrogen-bond donors (Lipinski definition) is 0. The lowest BCUT2D eigenvalue weighted by molar-refractivity contribution is -0.147. The highest BCUT2D eigenvalue weighted by Crippen LogP contribution is 2.22. The van der Waals surface area contributed by atoms with Crippen LogP contribution in [0.5, 0.6) is 5.75 Å². The molecule has 18 heavy (non-hydrogen) atoms. The number of benzene rings is 1. The van der Waals surface area contributed by atoms with Crippen molar-refractivity contribution in [2.24, 2.45) is 0 Å². The molecule has 0 amide bonds. The predicted octanol–water partition coefficient (Wildman–Crippen LogP) is 2.47. The lowest BCUT2D eigenvalue weighted by Gasteiger charge is -2.22. The van der Waals surface area contributed by atoms with E-state index in [2.05, 4.69) is 23.5 Å². The summed E-state index contributed by atoms with van der Waals surface area (Å²) in [6, 6.07) is 7.73. The number of anilines is 1. The fourth-order valence-electron chi connectivity index (χ4n) is 1.76. The summed E-state index contributed by atoms with van der Waals surface area (Å²) in [4.78, 5) is 13.5. The molecule has 4 nitrogen and oxygen atoms in total. The van der Waals surface area contributed by atoms with Crippen molar-refractivity contribution >= 4 is 11.7 Å². The molecule has 0 fully saturated rings. The minimum absolute atomic E-state index is 0.372. The Morgan fingerprint density at radius 1 is 1.33 bits per heavy atom. The summed E-state index contributed by atoms with van der Waals surface area (Å²) in [5.41, 5.74) is 1.09. The topological polar surface area (TPSA) is 38.8 Å². The van der Waals surface area contributed by atoms with Gasteiger partial charge in [0, 0.05) is 24.8 Å². The van der Waals surface area contributed by atoms with Gasteiger partial charge in [-0.05, 0) is 32.9 Å². The Hall–Kier alpha value is -1.71. The predicted molar refractivity (Wildman–Crippen MR) is 72.1 cm³/mol. The number of ether oxygens (including phenoxy) is 2. The molecule has 1 aromatic rings. The smallest absolute Gasteiger partial charge is 0.346 e. The van der Waals surface area contributed by atoms with Gasteiger partial charge >= 0.3 is 5.97 Å². The summed E-state index contributed by atoms with van der Waals surface area (Å²) < 4.78 is 10.2. The van der Waals surface area contributed by atoms with Crippen molar-refractivity contribution in [3.05, 3.63) is 24.3 Å². The summed E-state index contributed by atoms with van der Waals surface area (Å²) in [5.74, 6) is 0.306. The molecule has 0 saturated carbocycles. The molecule has 0 heterocycles. The number of rotatable bonds is 6. The third-order valence-corrected chi connectivity index (χ3v) is 2.79. The van der Waals surface area contributed by atoms with Gasteiger partial charge in [0.1, 0.15) is 5.75 Å². The zero-order chi connectivity index (χ0) is 13.5. The maximum absolute atomic E-state index is 11.3. The Bertz CT molecular complexity index is 388. The molecule has 0 spiro atoms. The first kappa shape index (κ1) is 14.4. The Kier molecular flexibility index (Phi) is 5.49. The van der Waals surface area contributed by atoms with E-state index in [-0.39, 0.29) is 5.97 Å². The van der Waals surface area contributed by atoms with Gasteiger partial charge in [-0.1, -0.05) is 6.07 Å². The molecule has 0 aromatic heterocycles.